The second kappa shape index (κ2) is 5.77. The molecule has 0 radical (unpaired) electrons. The fourth-order valence-corrected chi connectivity index (χ4v) is 2.82. The molecule has 2 rings (SSSR count). The van der Waals surface area contributed by atoms with Gasteiger partial charge in [-0.1, -0.05) is 23.8 Å². The van der Waals surface area contributed by atoms with Crippen molar-refractivity contribution < 1.29 is 4.73 Å². The minimum absolute atomic E-state index is 0.373. The largest absolute Gasteiger partial charge is 0.618 e. The van der Waals surface area contributed by atoms with Crippen LogP contribution in [-0.2, 0) is 0 Å². The lowest BCUT2D eigenvalue weighted by Gasteiger charge is -2.12. The summed E-state index contributed by atoms with van der Waals surface area (Å²) >= 11 is 1.28. The Morgan fingerprint density at radius 3 is 2.74 bits per heavy atom. The van der Waals surface area contributed by atoms with E-state index in [1.807, 2.05) is 32.0 Å². The molecule has 3 nitrogen and oxygen atoms in total. The fourth-order valence-electron chi connectivity index (χ4n) is 1.83. The lowest BCUT2D eigenvalue weighted by atomic mass is 10.0. The van der Waals surface area contributed by atoms with Crippen LogP contribution < -0.4 is 4.73 Å². The minimum Gasteiger partial charge on any atom is -0.618 e. The van der Waals surface area contributed by atoms with E-state index in [4.69, 9.17) is 0 Å². The number of thioether (sulfide) groups is 1. The van der Waals surface area contributed by atoms with Crippen molar-refractivity contribution in [1.29, 1.82) is 5.26 Å². The summed E-state index contributed by atoms with van der Waals surface area (Å²) in [5, 5.41) is 21.2. The minimum atomic E-state index is -0.373. The zero-order chi connectivity index (χ0) is 13.8. The summed E-state index contributed by atoms with van der Waals surface area (Å²) in [5.41, 5.74) is 3.15. The molecular weight excluding hydrogens is 256 g/mol. The molecule has 4 heteroatoms. The Balaban J connectivity index is 2.34. The number of nitrogens with zero attached hydrogens (tertiary/aromatic N) is 2. The molecule has 0 amide bonds. The van der Waals surface area contributed by atoms with Crippen LogP contribution in [0.2, 0.25) is 0 Å². The number of pyridine rings is 1. The van der Waals surface area contributed by atoms with Gasteiger partial charge in [-0.3, -0.25) is 0 Å². The number of nitriles is 1. The van der Waals surface area contributed by atoms with Gasteiger partial charge in [-0.2, -0.15) is 9.99 Å². The summed E-state index contributed by atoms with van der Waals surface area (Å²) in [6.45, 7) is 3.98. The van der Waals surface area contributed by atoms with Crippen LogP contribution in [0.25, 0.3) is 0 Å². The normalized spacial score (nSPS) is 11.8. The average Bonchev–Trinajstić information content (AvgIpc) is 2.41. The van der Waals surface area contributed by atoms with Crippen molar-refractivity contribution in [3.8, 4) is 6.07 Å². The Hall–Kier alpha value is -1.99. The molecule has 0 aliphatic carbocycles. The van der Waals surface area contributed by atoms with Crippen molar-refractivity contribution in [2.24, 2.45) is 0 Å². The van der Waals surface area contributed by atoms with Gasteiger partial charge in [0.25, 0.3) is 5.03 Å². The van der Waals surface area contributed by atoms with Crippen LogP contribution in [-0.4, -0.2) is 0 Å². The first kappa shape index (κ1) is 13.4. The second-order valence-corrected chi connectivity index (χ2v) is 5.48. The average molecular weight is 270 g/mol. The molecule has 0 N–H and O–H groups in total. The highest BCUT2D eigenvalue weighted by Crippen LogP contribution is 2.34. The molecule has 0 saturated carbocycles. The van der Waals surface area contributed by atoms with Gasteiger partial charge in [-0.25, -0.2) is 0 Å². The lowest BCUT2D eigenvalue weighted by molar-refractivity contribution is -0.645. The van der Waals surface area contributed by atoms with Crippen molar-refractivity contribution >= 4 is 11.8 Å². The van der Waals surface area contributed by atoms with Crippen LogP contribution in [0.15, 0.2) is 47.6 Å². The summed E-state index contributed by atoms with van der Waals surface area (Å²) in [6, 6.07) is 13.5. The smallest absolute Gasteiger partial charge is 0.252 e. The van der Waals surface area contributed by atoms with Gasteiger partial charge in [-0.05, 0) is 42.8 Å². The molecule has 19 heavy (non-hydrogen) atoms. The van der Waals surface area contributed by atoms with E-state index in [1.165, 1.54) is 18.0 Å². The fraction of sp³-hybridized carbons (Fsp3) is 0.200. The molecule has 0 aliphatic heterocycles. The molecule has 0 aliphatic rings. The molecule has 1 heterocycles. The van der Waals surface area contributed by atoms with E-state index in [9.17, 15) is 10.5 Å². The van der Waals surface area contributed by atoms with Gasteiger partial charge >= 0.3 is 0 Å². The maximum atomic E-state index is 11.6. The SMILES string of the molecule is Cc1ccc(C)c(C(C#N)Sc2cccc[n+]2[O-])c1. The first-order valence-corrected chi connectivity index (χ1v) is 6.81. The summed E-state index contributed by atoms with van der Waals surface area (Å²) < 4.78 is 0.792. The Morgan fingerprint density at radius 1 is 1.26 bits per heavy atom. The Labute approximate surface area is 117 Å². The topological polar surface area (TPSA) is 50.7 Å². The quantitative estimate of drug-likeness (QED) is 0.488. The Morgan fingerprint density at radius 2 is 2.05 bits per heavy atom. The summed E-state index contributed by atoms with van der Waals surface area (Å²) in [6.07, 6.45) is 1.44. The maximum Gasteiger partial charge on any atom is 0.252 e. The molecule has 0 fully saturated rings. The molecule has 1 aromatic heterocycles. The van der Waals surface area contributed by atoms with E-state index in [0.29, 0.717) is 5.03 Å². The van der Waals surface area contributed by atoms with Gasteiger partial charge in [0.05, 0.1) is 6.07 Å². The number of benzene rings is 1. The molecule has 1 aromatic carbocycles. The molecule has 1 atom stereocenters. The number of aromatic nitrogens is 1. The van der Waals surface area contributed by atoms with E-state index in [2.05, 4.69) is 6.07 Å². The first-order valence-electron chi connectivity index (χ1n) is 5.93. The zero-order valence-corrected chi connectivity index (χ0v) is 11.6. The molecular formula is C15H14N2OS. The number of aryl methyl sites for hydroxylation is 2. The molecule has 0 saturated heterocycles. The van der Waals surface area contributed by atoms with Gasteiger partial charge in [0, 0.05) is 12.1 Å². The predicted octanol–water partition coefficient (Wildman–Crippen LogP) is 3.29. The summed E-state index contributed by atoms with van der Waals surface area (Å²) in [5.74, 6) is 0. The number of hydrogen-bond donors (Lipinski definition) is 0. The number of hydrogen-bond acceptors (Lipinski definition) is 3. The van der Waals surface area contributed by atoms with Gasteiger partial charge < -0.3 is 5.21 Å². The lowest BCUT2D eigenvalue weighted by Crippen LogP contribution is -2.27. The monoisotopic (exact) mass is 270 g/mol. The summed E-state index contributed by atoms with van der Waals surface area (Å²) in [7, 11) is 0. The standard InChI is InChI=1S/C15H14N2OS/c1-11-6-7-12(2)13(9-11)14(10-16)19-15-5-3-4-8-17(15)18/h3-9,14H,1-2H3. The Bertz CT molecular complexity index is 634. The highest BCUT2D eigenvalue weighted by molar-refractivity contribution is 7.99. The maximum absolute atomic E-state index is 11.6. The van der Waals surface area contributed by atoms with Gasteiger partial charge in [0.1, 0.15) is 5.25 Å². The van der Waals surface area contributed by atoms with Crippen molar-refractivity contribution in [3.05, 3.63) is 64.5 Å². The summed E-state index contributed by atoms with van der Waals surface area (Å²) in [4.78, 5) is 0. The van der Waals surface area contributed by atoms with Crippen LogP contribution in [0.1, 0.15) is 21.9 Å². The van der Waals surface area contributed by atoms with Crippen molar-refractivity contribution in [2.75, 3.05) is 0 Å². The van der Waals surface area contributed by atoms with E-state index < -0.39 is 0 Å². The third-order valence-corrected chi connectivity index (χ3v) is 4.01. The third-order valence-electron chi connectivity index (χ3n) is 2.86. The first-order chi connectivity index (χ1) is 9.11. The third kappa shape index (κ3) is 3.07. The van der Waals surface area contributed by atoms with E-state index >= 15 is 0 Å². The van der Waals surface area contributed by atoms with Crippen molar-refractivity contribution in [3.63, 3.8) is 0 Å². The molecule has 2 aromatic rings. The van der Waals surface area contributed by atoms with Gasteiger partial charge in [0.2, 0.25) is 0 Å². The second-order valence-electron chi connectivity index (χ2n) is 4.35. The number of rotatable bonds is 3. The highest BCUT2D eigenvalue weighted by Gasteiger charge is 2.19. The van der Waals surface area contributed by atoms with Crippen LogP contribution >= 0.6 is 11.8 Å². The van der Waals surface area contributed by atoms with Crippen LogP contribution in [0.4, 0.5) is 0 Å². The molecule has 0 spiro atoms. The van der Waals surface area contributed by atoms with Gasteiger partial charge in [-0.15, -0.1) is 0 Å². The molecule has 0 bridgehead atoms. The van der Waals surface area contributed by atoms with Gasteiger partial charge in [0.15, 0.2) is 6.20 Å². The van der Waals surface area contributed by atoms with E-state index in [0.717, 1.165) is 21.4 Å². The van der Waals surface area contributed by atoms with Crippen LogP contribution in [0.5, 0.6) is 0 Å². The molecule has 96 valence electrons. The van der Waals surface area contributed by atoms with Crippen molar-refractivity contribution in [2.45, 2.75) is 24.1 Å². The zero-order valence-electron chi connectivity index (χ0n) is 10.8. The van der Waals surface area contributed by atoms with Crippen molar-refractivity contribution in [1.82, 2.24) is 0 Å². The molecule has 1 unspecified atom stereocenters. The highest BCUT2D eigenvalue weighted by atomic mass is 32.2. The van der Waals surface area contributed by atoms with E-state index in [1.54, 1.807) is 18.2 Å². The van der Waals surface area contributed by atoms with E-state index in [-0.39, 0.29) is 5.25 Å². The van der Waals surface area contributed by atoms with Crippen LogP contribution in [0.3, 0.4) is 0 Å². The van der Waals surface area contributed by atoms with Crippen LogP contribution in [0, 0.1) is 30.4 Å². The predicted molar refractivity (Wildman–Crippen MR) is 75.5 cm³/mol. The Kier molecular flexibility index (Phi) is 4.08.